The van der Waals surface area contributed by atoms with E-state index in [1.807, 2.05) is 0 Å². The number of methoxy groups -OCH3 is 1. The molecule has 5 nitrogen and oxygen atoms in total. The predicted molar refractivity (Wildman–Crippen MR) is 87.3 cm³/mol. The fraction of sp³-hybridized carbons (Fsp3) is 0.222. The average molecular weight is 331 g/mol. The molecule has 24 heavy (non-hydrogen) atoms. The van der Waals surface area contributed by atoms with Gasteiger partial charge in [0.05, 0.1) is 13.5 Å². The maximum atomic E-state index is 12.8. The van der Waals surface area contributed by atoms with Gasteiger partial charge in [-0.15, -0.1) is 0 Å². The van der Waals surface area contributed by atoms with E-state index >= 15 is 0 Å². The largest absolute Gasteiger partial charge is 0.496 e. The molecule has 6 heteroatoms. The van der Waals surface area contributed by atoms with E-state index in [1.165, 1.54) is 38.3 Å². The monoisotopic (exact) mass is 331 g/mol. The summed E-state index contributed by atoms with van der Waals surface area (Å²) in [5, 5.41) is 2.55. The smallest absolute Gasteiger partial charge is 0.311 e. The number of anilines is 1. The number of halogens is 1. The number of carbonyl (C=O) groups is 2. The van der Waals surface area contributed by atoms with Crippen LogP contribution >= 0.6 is 0 Å². The Morgan fingerprint density at radius 3 is 2.46 bits per heavy atom. The van der Waals surface area contributed by atoms with Gasteiger partial charge in [0.15, 0.2) is 6.10 Å². The number of carbonyl (C=O) groups excluding carboxylic acids is 2. The zero-order valence-corrected chi connectivity index (χ0v) is 13.4. The summed E-state index contributed by atoms with van der Waals surface area (Å²) in [7, 11) is 1.52. The summed E-state index contributed by atoms with van der Waals surface area (Å²) in [4.78, 5) is 24.0. The number of nitrogens with one attached hydrogen (secondary N) is 1. The molecule has 0 heterocycles. The van der Waals surface area contributed by atoms with Gasteiger partial charge in [-0.25, -0.2) is 4.39 Å². The van der Waals surface area contributed by atoms with Crippen LogP contribution < -0.4 is 10.1 Å². The molecule has 2 aromatic rings. The van der Waals surface area contributed by atoms with Gasteiger partial charge in [0.2, 0.25) is 0 Å². The first-order valence-electron chi connectivity index (χ1n) is 7.37. The molecule has 0 aromatic heterocycles. The molecule has 126 valence electrons. The third-order valence-corrected chi connectivity index (χ3v) is 3.32. The maximum absolute atomic E-state index is 12.8. The molecule has 0 fully saturated rings. The number of ether oxygens (including phenoxy) is 2. The average Bonchev–Trinajstić information content (AvgIpc) is 2.57. The topological polar surface area (TPSA) is 64.6 Å². The lowest BCUT2D eigenvalue weighted by atomic mass is 10.1. The fourth-order valence-electron chi connectivity index (χ4n) is 2.07. The summed E-state index contributed by atoms with van der Waals surface area (Å²) in [6.07, 6.45) is -0.977. The molecule has 1 N–H and O–H groups in total. The Balaban J connectivity index is 1.90. The molecule has 0 radical (unpaired) electrons. The molecule has 2 rings (SSSR count). The highest BCUT2D eigenvalue weighted by Crippen LogP contribution is 2.18. The second-order valence-electron chi connectivity index (χ2n) is 5.12. The second kappa shape index (κ2) is 8.10. The normalized spacial score (nSPS) is 11.5. The lowest BCUT2D eigenvalue weighted by molar-refractivity contribution is -0.152. The third-order valence-electron chi connectivity index (χ3n) is 3.32. The van der Waals surface area contributed by atoms with Gasteiger partial charge >= 0.3 is 5.97 Å². The van der Waals surface area contributed by atoms with Crippen LogP contribution in [-0.2, 0) is 20.7 Å². The minimum Gasteiger partial charge on any atom is -0.496 e. The standard InChI is InChI=1S/C18H18FNO4/c1-12(18(22)20-15-9-7-14(19)8-10-15)24-17(21)11-13-5-3-4-6-16(13)23-2/h3-10,12H,11H2,1-2H3,(H,20,22)/t12-/m1/s1. The maximum Gasteiger partial charge on any atom is 0.311 e. The third kappa shape index (κ3) is 4.81. The van der Waals surface area contributed by atoms with Crippen molar-refractivity contribution < 1.29 is 23.5 Å². The van der Waals surface area contributed by atoms with E-state index in [1.54, 1.807) is 24.3 Å². The highest BCUT2D eigenvalue weighted by atomic mass is 19.1. The van der Waals surface area contributed by atoms with Crippen LogP contribution in [0.5, 0.6) is 5.75 Å². The van der Waals surface area contributed by atoms with Crippen molar-refractivity contribution in [2.45, 2.75) is 19.4 Å². The van der Waals surface area contributed by atoms with Gasteiger partial charge in [-0.05, 0) is 37.3 Å². The van der Waals surface area contributed by atoms with Crippen LogP contribution in [0.4, 0.5) is 10.1 Å². The van der Waals surface area contributed by atoms with Crippen LogP contribution in [0, 0.1) is 5.82 Å². The van der Waals surface area contributed by atoms with E-state index < -0.39 is 23.8 Å². The number of amides is 1. The van der Waals surface area contributed by atoms with E-state index in [9.17, 15) is 14.0 Å². The molecule has 0 aliphatic carbocycles. The zero-order chi connectivity index (χ0) is 17.5. The lowest BCUT2D eigenvalue weighted by Gasteiger charge is -2.14. The molecule has 0 bridgehead atoms. The number of para-hydroxylation sites is 1. The summed E-state index contributed by atoms with van der Waals surface area (Å²) < 4.78 is 23.1. The van der Waals surface area contributed by atoms with Gasteiger partial charge in [-0.2, -0.15) is 0 Å². The van der Waals surface area contributed by atoms with Crippen LogP contribution in [0.15, 0.2) is 48.5 Å². The molecule has 0 spiro atoms. The van der Waals surface area contributed by atoms with Crippen molar-refractivity contribution in [3.05, 3.63) is 59.9 Å². The van der Waals surface area contributed by atoms with Gasteiger partial charge in [-0.3, -0.25) is 9.59 Å². The molecule has 0 aliphatic heterocycles. The lowest BCUT2D eigenvalue weighted by Crippen LogP contribution is -2.30. The molecule has 0 saturated carbocycles. The summed E-state index contributed by atoms with van der Waals surface area (Å²) in [6, 6.07) is 12.4. The summed E-state index contributed by atoms with van der Waals surface area (Å²) in [5.41, 5.74) is 1.10. The number of hydrogen-bond acceptors (Lipinski definition) is 4. The van der Waals surface area contributed by atoms with Gasteiger partial charge < -0.3 is 14.8 Å². The number of esters is 1. The molecule has 2 aromatic carbocycles. The Bertz CT molecular complexity index is 715. The summed E-state index contributed by atoms with van der Waals surface area (Å²) >= 11 is 0. The Labute approximate surface area is 139 Å². The van der Waals surface area contributed by atoms with Crippen molar-refractivity contribution in [3.63, 3.8) is 0 Å². The Kier molecular flexibility index (Phi) is 5.89. The Morgan fingerprint density at radius 2 is 1.79 bits per heavy atom. The van der Waals surface area contributed by atoms with Crippen molar-refractivity contribution in [2.75, 3.05) is 12.4 Å². The van der Waals surface area contributed by atoms with E-state index in [0.717, 1.165) is 0 Å². The predicted octanol–water partition coefficient (Wildman–Crippen LogP) is 2.95. The van der Waals surface area contributed by atoms with Crippen molar-refractivity contribution in [3.8, 4) is 5.75 Å². The number of benzene rings is 2. The van der Waals surface area contributed by atoms with Gasteiger partial charge in [-0.1, -0.05) is 18.2 Å². The molecule has 0 unspecified atom stereocenters. The number of rotatable bonds is 6. The summed E-state index contributed by atoms with van der Waals surface area (Å²) in [6.45, 7) is 1.47. The van der Waals surface area contributed by atoms with Gasteiger partial charge in [0.25, 0.3) is 5.91 Å². The van der Waals surface area contributed by atoms with Crippen molar-refractivity contribution in [2.24, 2.45) is 0 Å². The highest BCUT2D eigenvalue weighted by Gasteiger charge is 2.19. The quantitative estimate of drug-likeness (QED) is 0.827. The molecular weight excluding hydrogens is 313 g/mol. The van der Waals surface area contributed by atoms with E-state index in [0.29, 0.717) is 17.0 Å². The first-order chi connectivity index (χ1) is 11.5. The molecular formula is C18H18FNO4. The SMILES string of the molecule is COc1ccccc1CC(=O)O[C@H](C)C(=O)Nc1ccc(F)cc1. The number of hydrogen-bond donors (Lipinski definition) is 1. The Morgan fingerprint density at radius 1 is 1.12 bits per heavy atom. The van der Waals surface area contributed by atoms with Crippen molar-refractivity contribution in [1.29, 1.82) is 0 Å². The second-order valence-corrected chi connectivity index (χ2v) is 5.12. The van der Waals surface area contributed by atoms with E-state index in [4.69, 9.17) is 9.47 Å². The van der Waals surface area contributed by atoms with Crippen LogP contribution in [0.2, 0.25) is 0 Å². The van der Waals surface area contributed by atoms with Gasteiger partial charge in [0.1, 0.15) is 11.6 Å². The van der Waals surface area contributed by atoms with Crippen molar-refractivity contribution >= 4 is 17.6 Å². The van der Waals surface area contributed by atoms with Crippen LogP contribution in [0.3, 0.4) is 0 Å². The molecule has 0 aliphatic rings. The molecule has 0 saturated heterocycles. The minimum absolute atomic E-state index is 0.00180. The zero-order valence-electron chi connectivity index (χ0n) is 13.4. The van der Waals surface area contributed by atoms with Crippen LogP contribution in [0.25, 0.3) is 0 Å². The first kappa shape index (κ1) is 17.5. The minimum atomic E-state index is -0.975. The van der Waals surface area contributed by atoms with Crippen LogP contribution in [0.1, 0.15) is 12.5 Å². The van der Waals surface area contributed by atoms with E-state index in [2.05, 4.69) is 5.32 Å². The fourth-order valence-corrected chi connectivity index (χ4v) is 2.07. The molecule has 1 atom stereocenters. The Hall–Kier alpha value is -2.89. The summed E-state index contributed by atoms with van der Waals surface area (Å²) in [5.74, 6) is -0.849. The van der Waals surface area contributed by atoms with Crippen molar-refractivity contribution in [1.82, 2.24) is 0 Å². The first-order valence-corrected chi connectivity index (χ1v) is 7.37. The molecule has 1 amide bonds. The van der Waals surface area contributed by atoms with Gasteiger partial charge in [0, 0.05) is 11.3 Å². The highest BCUT2D eigenvalue weighted by molar-refractivity contribution is 5.95. The van der Waals surface area contributed by atoms with Crippen LogP contribution in [-0.4, -0.2) is 25.1 Å². The van der Waals surface area contributed by atoms with E-state index in [-0.39, 0.29) is 6.42 Å².